The fourth-order valence-corrected chi connectivity index (χ4v) is 4.58. The fourth-order valence-electron chi connectivity index (χ4n) is 4.58. The van der Waals surface area contributed by atoms with E-state index < -0.39 is 11.4 Å². The minimum absolute atomic E-state index is 0.342. The summed E-state index contributed by atoms with van der Waals surface area (Å²) >= 11 is 0. The van der Waals surface area contributed by atoms with Crippen molar-refractivity contribution in [1.82, 2.24) is 0 Å². The number of rotatable bonds is 4. The topological polar surface area (TPSA) is 37.3 Å². The van der Waals surface area contributed by atoms with Gasteiger partial charge >= 0.3 is 5.97 Å². The van der Waals surface area contributed by atoms with Gasteiger partial charge in [-0.05, 0) is 55.3 Å². The zero-order valence-corrected chi connectivity index (χ0v) is 12.1. The van der Waals surface area contributed by atoms with Gasteiger partial charge in [0.1, 0.15) is 0 Å². The molecule has 2 fully saturated rings. The van der Waals surface area contributed by atoms with Crippen LogP contribution in [0.25, 0.3) is 0 Å². The summed E-state index contributed by atoms with van der Waals surface area (Å²) in [6.07, 6.45) is 3.38. The summed E-state index contributed by atoms with van der Waals surface area (Å²) in [6.45, 7) is 13.1. The molecule has 0 aromatic carbocycles. The predicted octanol–water partition coefficient (Wildman–Crippen LogP) is 3.95. The van der Waals surface area contributed by atoms with Gasteiger partial charge < -0.3 is 5.11 Å². The van der Waals surface area contributed by atoms with Crippen molar-refractivity contribution in [3.63, 3.8) is 0 Å². The van der Waals surface area contributed by atoms with Gasteiger partial charge in [-0.25, -0.2) is 0 Å². The molecule has 98 valence electrons. The van der Waals surface area contributed by atoms with E-state index in [4.69, 9.17) is 0 Å². The number of carboxylic acid groups (broad SMARTS) is 1. The molecule has 0 bridgehead atoms. The van der Waals surface area contributed by atoms with E-state index in [2.05, 4.69) is 27.7 Å². The van der Waals surface area contributed by atoms with Gasteiger partial charge in [0, 0.05) is 0 Å². The Hall–Kier alpha value is -0.530. The van der Waals surface area contributed by atoms with Crippen LogP contribution in [-0.2, 0) is 4.79 Å². The van der Waals surface area contributed by atoms with Gasteiger partial charge in [-0.3, -0.25) is 4.79 Å². The third-order valence-corrected chi connectivity index (χ3v) is 6.45. The summed E-state index contributed by atoms with van der Waals surface area (Å²) in [7, 11) is 0. The van der Waals surface area contributed by atoms with Crippen molar-refractivity contribution < 1.29 is 9.90 Å². The highest BCUT2D eigenvalue weighted by atomic mass is 16.4. The van der Waals surface area contributed by atoms with Crippen molar-refractivity contribution in [2.45, 2.75) is 60.8 Å². The number of fused-ring (bicyclic) bond motifs is 1. The molecule has 0 radical (unpaired) electrons. The Morgan fingerprint density at radius 2 is 1.82 bits per heavy atom. The molecule has 0 aromatic heterocycles. The van der Waals surface area contributed by atoms with Crippen LogP contribution < -0.4 is 0 Å². The largest absolute Gasteiger partial charge is 0.481 e. The molecule has 2 saturated carbocycles. The van der Waals surface area contributed by atoms with Crippen LogP contribution in [0.15, 0.2) is 0 Å². The molecule has 2 aliphatic carbocycles. The lowest BCUT2D eigenvalue weighted by molar-refractivity contribution is -0.150. The minimum atomic E-state index is -0.670. The van der Waals surface area contributed by atoms with Crippen LogP contribution in [-0.4, -0.2) is 11.1 Å². The van der Waals surface area contributed by atoms with Gasteiger partial charge in [0.15, 0.2) is 0 Å². The highest BCUT2D eigenvalue weighted by Crippen LogP contribution is 2.87. The van der Waals surface area contributed by atoms with Gasteiger partial charge in [-0.1, -0.05) is 27.7 Å². The quantitative estimate of drug-likeness (QED) is 0.805. The SMILES string of the molecule is CC(CC(C)(C)C(=O)O)C1(C)CC2(C)CC21C. The Morgan fingerprint density at radius 1 is 1.29 bits per heavy atom. The Labute approximate surface area is 105 Å². The van der Waals surface area contributed by atoms with Gasteiger partial charge in [0.2, 0.25) is 0 Å². The first-order valence-electron chi connectivity index (χ1n) is 6.72. The third-order valence-electron chi connectivity index (χ3n) is 6.45. The first kappa shape index (κ1) is 12.9. The lowest BCUT2D eigenvalue weighted by Gasteiger charge is -2.55. The van der Waals surface area contributed by atoms with Crippen LogP contribution in [0.4, 0.5) is 0 Å². The van der Waals surface area contributed by atoms with Crippen molar-refractivity contribution in [2.24, 2.45) is 27.6 Å². The van der Waals surface area contributed by atoms with Gasteiger partial charge in [0.25, 0.3) is 0 Å². The predicted molar refractivity (Wildman–Crippen MR) is 68.8 cm³/mol. The van der Waals surface area contributed by atoms with Gasteiger partial charge in [-0.15, -0.1) is 0 Å². The molecule has 4 atom stereocenters. The molecule has 2 nitrogen and oxygen atoms in total. The number of carboxylic acids is 1. The van der Waals surface area contributed by atoms with Crippen LogP contribution in [0.3, 0.4) is 0 Å². The zero-order valence-electron chi connectivity index (χ0n) is 12.1. The zero-order chi connectivity index (χ0) is 13.3. The summed E-state index contributed by atoms with van der Waals surface area (Å²) in [5, 5.41) is 9.24. The second kappa shape index (κ2) is 3.07. The summed E-state index contributed by atoms with van der Waals surface area (Å²) < 4.78 is 0. The molecule has 0 aromatic rings. The van der Waals surface area contributed by atoms with E-state index in [0.29, 0.717) is 22.2 Å². The summed E-state index contributed by atoms with van der Waals surface area (Å²) in [5.74, 6) is -0.190. The van der Waals surface area contributed by atoms with E-state index in [1.165, 1.54) is 12.8 Å². The molecule has 1 N–H and O–H groups in total. The van der Waals surface area contributed by atoms with E-state index in [-0.39, 0.29) is 0 Å². The fraction of sp³-hybridized carbons (Fsp3) is 0.933. The van der Waals surface area contributed by atoms with E-state index >= 15 is 0 Å². The monoisotopic (exact) mass is 238 g/mol. The second-order valence-corrected chi connectivity index (χ2v) is 7.96. The maximum atomic E-state index is 11.2. The lowest BCUT2D eigenvalue weighted by Crippen LogP contribution is -2.48. The van der Waals surface area contributed by atoms with Crippen molar-refractivity contribution in [2.75, 3.05) is 0 Å². The van der Waals surface area contributed by atoms with Crippen molar-refractivity contribution in [3.8, 4) is 0 Å². The van der Waals surface area contributed by atoms with E-state index in [1.54, 1.807) is 0 Å². The van der Waals surface area contributed by atoms with Crippen LogP contribution in [0.5, 0.6) is 0 Å². The number of aliphatic carboxylic acids is 1. The number of hydrogen-bond donors (Lipinski definition) is 1. The first-order chi connectivity index (χ1) is 7.49. The van der Waals surface area contributed by atoms with E-state index in [1.807, 2.05) is 13.8 Å². The summed E-state index contributed by atoms with van der Waals surface area (Å²) in [5.41, 5.74) is 0.769. The summed E-state index contributed by atoms with van der Waals surface area (Å²) in [6, 6.07) is 0. The first-order valence-corrected chi connectivity index (χ1v) is 6.72. The Kier molecular flexibility index (Phi) is 2.33. The minimum Gasteiger partial charge on any atom is -0.481 e. The molecule has 0 heterocycles. The molecule has 4 unspecified atom stereocenters. The van der Waals surface area contributed by atoms with E-state index in [0.717, 1.165) is 6.42 Å². The van der Waals surface area contributed by atoms with Crippen LogP contribution in [0, 0.1) is 27.6 Å². The van der Waals surface area contributed by atoms with Crippen LogP contribution in [0.2, 0.25) is 0 Å². The number of hydrogen-bond acceptors (Lipinski definition) is 1. The average Bonchev–Trinajstić information content (AvgIpc) is 2.60. The maximum absolute atomic E-state index is 11.2. The lowest BCUT2D eigenvalue weighted by atomic mass is 9.49. The van der Waals surface area contributed by atoms with Crippen LogP contribution in [0.1, 0.15) is 60.8 Å². The molecule has 0 aliphatic heterocycles. The van der Waals surface area contributed by atoms with Crippen molar-refractivity contribution in [3.05, 3.63) is 0 Å². The standard InChI is InChI=1S/C15H26O2/c1-10(7-12(2,3)11(16)17)14(5)8-13(4)9-15(13,14)6/h10H,7-9H2,1-6H3,(H,16,17). The number of carbonyl (C=O) groups is 1. The Morgan fingerprint density at radius 3 is 2.12 bits per heavy atom. The molecule has 2 aliphatic rings. The molecule has 0 amide bonds. The molecular formula is C15H26O2. The second-order valence-electron chi connectivity index (χ2n) is 7.96. The van der Waals surface area contributed by atoms with E-state index in [9.17, 15) is 9.90 Å². The van der Waals surface area contributed by atoms with Gasteiger partial charge in [-0.2, -0.15) is 0 Å². The van der Waals surface area contributed by atoms with Gasteiger partial charge in [0.05, 0.1) is 5.41 Å². The van der Waals surface area contributed by atoms with Crippen molar-refractivity contribution in [1.29, 1.82) is 0 Å². The molecular weight excluding hydrogens is 212 g/mol. The molecule has 2 heteroatoms. The maximum Gasteiger partial charge on any atom is 0.309 e. The molecule has 0 saturated heterocycles. The van der Waals surface area contributed by atoms with Crippen molar-refractivity contribution >= 4 is 5.97 Å². The Balaban J connectivity index is 2.08. The Bertz CT molecular complexity index is 373. The molecule has 17 heavy (non-hydrogen) atoms. The van der Waals surface area contributed by atoms with Crippen LogP contribution >= 0.6 is 0 Å². The third kappa shape index (κ3) is 1.42. The normalized spacial score (nSPS) is 45.8. The molecule has 2 rings (SSSR count). The summed E-state index contributed by atoms with van der Waals surface area (Å²) in [4.78, 5) is 11.2. The highest BCUT2D eigenvalue weighted by Gasteiger charge is 2.79. The molecule has 0 spiro atoms. The highest BCUT2D eigenvalue weighted by molar-refractivity contribution is 5.73. The smallest absolute Gasteiger partial charge is 0.309 e. The average molecular weight is 238 g/mol.